The number of anilines is 2. The Kier molecular flexibility index (Phi) is 4.87. The van der Waals surface area contributed by atoms with Crippen molar-refractivity contribution in [3.05, 3.63) is 47.2 Å². The van der Waals surface area contributed by atoms with Crippen molar-refractivity contribution in [2.75, 3.05) is 49.1 Å². The van der Waals surface area contributed by atoms with Gasteiger partial charge in [0.25, 0.3) is 0 Å². The highest BCUT2D eigenvalue weighted by Gasteiger charge is 2.24. The zero-order chi connectivity index (χ0) is 19.8. The van der Waals surface area contributed by atoms with Gasteiger partial charge in [-0.2, -0.15) is 9.97 Å². The highest BCUT2D eigenvalue weighted by molar-refractivity contribution is 5.89. The Morgan fingerprint density at radius 2 is 1.69 bits per heavy atom. The van der Waals surface area contributed by atoms with Gasteiger partial charge < -0.3 is 14.8 Å². The summed E-state index contributed by atoms with van der Waals surface area (Å²) in [4.78, 5) is 20.6. The van der Waals surface area contributed by atoms with E-state index in [-0.39, 0.29) is 0 Å². The van der Waals surface area contributed by atoms with Crippen LogP contribution in [0.1, 0.15) is 29.7 Å². The molecule has 6 heteroatoms. The summed E-state index contributed by atoms with van der Waals surface area (Å²) in [5.41, 5.74) is 4.85. The van der Waals surface area contributed by atoms with Gasteiger partial charge in [-0.1, -0.05) is 29.8 Å². The molecule has 0 saturated carbocycles. The average molecular weight is 391 g/mol. The maximum absolute atomic E-state index is 5.04. The molecular weight excluding hydrogens is 360 g/mol. The summed E-state index contributed by atoms with van der Waals surface area (Å²) in [7, 11) is 0. The normalized spacial score (nSPS) is 18.1. The van der Waals surface area contributed by atoms with Crippen molar-refractivity contribution in [2.24, 2.45) is 0 Å². The Morgan fingerprint density at radius 3 is 2.45 bits per heavy atom. The van der Waals surface area contributed by atoms with E-state index in [9.17, 15) is 0 Å². The largest absolute Gasteiger partial charge is 0.353 e. The highest BCUT2D eigenvalue weighted by atomic mass is 15.3. The molecule has 2 saturated heterocycles. The lowest BCUT2D eigenvalue weighted by atomic mass is 10.1. The molecule has 3 aromatic rings. The molecule has 0 aliphatic carbocycles. The van der Waals surface area contributed by atoms with Crippen molar-refractivity contribution in [2.45, 2.75) is 33.2 Å². The fourth-order valence-corrected chi connectivity index (χ4v) is 4.60. The maximum Gasteiger partial charge on any atom is 0.229 e. The molecular formula is C23H30N6. The van der Waals surface area contributed by atoms with Crippen LogP contribution < -0.4 is 9.80 Å². The van der Waals surface area contributed by atoms with E-state index >= 15 is 0 Å². The van der Waals surface area contributed by atoms with Crippen LogP contribution in [0, 0.1) is 13.8 Å². The number of aromatic nitrogens is 3. The summed E-state index contributed by atoms with van der Waals surface area (Å²) in [5.74, 6) is 1.98. The van der Waals surface area contributed by atoms with Crippen LogP contribution in [-0.4, -0.2) is 59.1 Å². The molecule has 0 radical (unpaired) electrons. The van der Waals surface area contributed by atoms with E-state index in [2.05, 4.69) is 63.9 Å². The third-order valence-electron chi connectivity index (χ3n) is 6.14. The Hall–Kier alpha value is -2.60. The summed E-state index contributed by atoms with van der Waals surface area (Å²) in [6, 6.07) is 11.0. The molecule has 6 nitrogen and oxygen atoms in total. The molecule has 4 heterocycles. The van der Waals surface area contributed by atoms with E-state index < -0.39 is 0 Å². The first-order chi connectivity index (χ1) is 14.2. The Bertz CT molecular complexity index is 996. The van der Waals surface area contributed by atoms with Crippen LogP contribution in [0.3, 0.4) is 0 Å². The molecule has 2 aromatic heterocycles. The first kappa shape index (κ1) is 18.4. The van der Waals surface area contributed by atoms with Gasteiger partial charge in [0.15, 0.2) is 0 Å². The zero-order valence-corrected chi connectivity index (χ0v) is 17.5. The van der Waals surface area contributed by atoms with Gasteiger partial charge in [-0.15, -0.1) is 0 Å². The van der Waals surface area contributed by atoms with Gasteiger partial charge in [0, 0.05) is 51.5 Å². The van der Waals surface area contributed by atoms with Gasteiger partial charge in [-0.05, 0) is 38.3 Å². The minimum Gasteiger partial charge on any atom is -0.353 e. The van der Waals surface area contributed by atoms with Crippen LogP contribution in [-0.2, 0) is 6.54 Å². The van der Waals surface area contributed by atoms with Crippen molar-refractivity contribution in [3.63, 3.8) is 0 Å². The summed E-state index contributed by atoms with van der Waals surface area (Å²) < 4.78 is 0. The second kappa shape index (κ2) is 7.67. The smallest absolute Gasteiger partial charge is 0.229 e. The van der Waals surface area contributed by atoms with Crippen LogP contribution in [0.5, 0.6) is 0 Å². The van der Waals surface area contributed by atoms with E-state index in [4.69, 9.17) is 9.97 Å². The van der Waals surface area contributed by atoms with Gasteiger partial charge in [-0.3, -0.25) is 4.90 Å². The highest BCUT2D eigenvalue weighted by Crippen LogP contribution is 2.29. The number of rotatable bonds is 4. The fraction of sp³-hybridized carbons (Fsp3) is 0.478. The predicted molar refractivity (Wildman–Crippen MR) is 119 cm³/mol. The van der Waals surface area contributed by atoms with Crippen LogP contribution >= 0.6 is 0 Å². The minimum absolute atomic E-state index is 0.883. The topological polar surface area (TPSA) is 51.3 Å². The van der Waals surface area contributed by atoms with Crippen molar-refractivity contribution >= 4 is 22.8 Å². The van der Waals surface area contributed by atoms with Crippen LogP contribution in [0.4, 0.5) is 11.8 Å². The maximum atomic E-state index is 5.04. The van der Waals surface area contributed by atoms with Crippen molar-refractivity contribution in [1.82, 2.24) is 19.9 Å². The van der Waals surface area contributed by atoms with Gasteiger partial charge in [0.1, 0.15) is 11.5 Å². The van der Waals surface area contributed by atoms with Crippen molar-refractivity contribution < 1.29 is 0 Å². The molecule has 1 N–H and O–H groups in total. The number of piperazine rings is 1. The average Bonchev–Trinajstić information content (AvgIpc) is 3.37. The fourth-order valence-electron chi connectivity index (χ4n) is 4.60. The number of H-pyrrole nitrogens is 1. The lowest BCUT2D eigenvalue weighted by molar-refractivity contribution is 0.249. The number of aryl methyl sites for hydroxylation is 2. The number of benzene rings is 1. The van der Waals surface area contributed by atoms with E-state index in [1.165, 1.54) is 24.0 Å². The molecule has 5 rings (SSSR count). The minimum atomic E-state index is 0.883. The van der Waals surface area contributed by atoms with Gasteiger partial charge >= 0.3 is 0 Å². The summed E-state index contributed by atoms with van der Waals surface area (Å²) >= 11 is 0. The van der Waals surface area contributed by atoms with E-state index in [1.54, 1.807) is 0 Å². The number of fused-ring (bicyclic) bond motifs is 1. The quantitative estimate of drug-likeness (QED) is 0.739. The van der Waals surface area contributed by atoms with Crippen LogP contribution in [0.2, 0.25) is 0 Å². The molecule has 0 spiro atoms. The van der Waals surface area contributed by atoms with Crippen molar-refractivity contribution in [1.29, 1.82) is 0 Å². The first-order valence-corrected chi connectivity index (χ1v) is 10.8. The van der Waals surface area contributed by atoms with Gasteiger partial charge in [0.05, 0.1) is 5.39 Å². The van der Waals surface area contributed by atoms with E-state index in [1.807, 2.05) is 0 Å². The predicted octanol–water partition coefficient (Wildman–Crippen LogP) is 3.50. The zero-order valence-electron chi connectivity index (χ0n) is 17.5. The number of aromatic amines is 1. The summed E-state index contributed by atoms with van der Waals surface area (Å²) in [6.07, 6.45) is 2.47. The second-order valence-corrected chi connectivity index (χ2v) is 8.51. The molecule has 2 aliphatic rings. The molecule has 0 bridgehead atoms. The SMILES string of the molecule is Cc1cccc(CN2CCN(c3nc(N4CCCC4)nc4[nH]c(C)cc34)CC2)c1. The molecule has 152 valence electrons. The number of hydrogen-bond donors (Lipinski definition) is 1. The lowest BCUT2D eigenvalue weighted by Crippen LogP contribution is -2.46. The summed E-state index contributed by atoms with van der Waals surface area (Å²) in [6.45, 7) is 11.5. The van der Waals surface area contributed by atoms with E-state index in [0.717, 1.165) is 74.3 Å². The van der Waals surface area contributed by atoms with Gasteiger partial charge in [-0.25, -0.2) is 0 Å². The third kappa shape index (κ3) is 3.81. The van der Waals surface area contributed by atoms with E-state index in [0.29, 0.717) is 0 Å². The number of nitrogens with zero attached hydrogens (tertiary/aromatic N) is 5. The Labute approximate surface area is 172 Å². The standard InChI is InChI=1S/C23H30N6/c1-17-6-5-7-19(14-17)16-27-10-12-28(13-11-27)22-20-15-18(2)24-21(20)25-23(26-22)29-8-3-4-9-29/h5-7,14-15H,3-4,8-13,16H2,1-2H3,(H,24,25,26). The summed E-state index contributed by atoms with van der Waals surface area (Å²) in [5, 5.41) is 1.15. The van der Waals surface area contributed by atoms with Crippen LogP contribution in [0.15, 0.2) is 30.3 Å². The van der Waals surface area contributed by atoms with Gasteiger partial charge in [0.2, 0.25) is 5.95 Å². The molecule has 2 fully saturated rings. The van der Waals surface area contributed by atoms with Crippen molar-refractivity contribution in [3.8, 4) is 0 Å². The number of nitrogens with one attached hydrogen (secondary N) is 1. The molecule has 0 amide bonds. The monoisotopic (exact) mass is 390 g/mol. The second-order valence-electron chi connectivity index (χ2n) is 8.51. The first-order valence-electron chi connectivity index (χ1n) is 10.8. The molecule has 29 heavy (non-hydrogen) atoms. The number of hydrogen-bond acceptors (Lipinski definition) is 5. The Balaban J connectivity index is 1.35. The lowest BCUT2D eigenvalue weighted by Gasteiger charge is -2.36. The molecule has 2 aliphatic heterocycles. The Morgan fingerprint density at radius 1 is 0.897 bits per heavy atom. The third-order valence-corrected chi connectivity index (χ3v) is 6.14. The van der Waals surface area contributed by atoms with Crippen LogP contribution in [0.25, 0.3) is 11.0 Å². The molecule has 1 aromatic carbocycles. The molecule has 0 atom stereocenters. The molecule has 0 unspecified atom stereocenters.